The lowest BCUT2D eigenvalue weighted by molar-refractivity contribution is 0.422. The monoisotopic (exact) mass is 332 g/mol. The van der Waals surface area contributed by atoms with Crippen LogP contribution in [0.4, 0.5) is 10.1 Å². The predicted molar refractivity (Wildman–Crippen MR) is 85.4 cm³/mol. The highest BCUT2D eigenvalue weighted by atomic mass is 32.2. The molecule has 4 nitrogen and oxygen atoms in total. The van der Waals surface area contributed by atoms with Gasteiger partial charge in [-0.05, 0) is 43.7 Å². The third kappa shape index (κ3) is 3.70. The molecule has 1 fully saturated rings. The van der Waals surface area contributed by atoms with Crippen molar-refractivity contribution in [3.05, 3.63) is 23.5 Å². The molecule has 0 heterocycles. The van der Waals surface area contributed by atoms with Gasteiger partial charge in [0.2, 0.25) is 10.0 Å². The van der Waals surface area contributed by atoms with E-state index >= 15 is 0 Å². The maximum Gasteiger partial charge on any atom is 0.243 e. The summed E-state index contributed by atoms with van der Waals surface area (Å²) in [5.74, 6) is -0.729. The first-order valence-corrected chi connectivity index (χ1v) is 9.73. The Balaban J connectivity index is 2.30. The second kappa shape index (κ2) is 6.54. The van der Waals surface area contributed by atoms with E-state index < -0.39 is 15.8 Å². The van der Waals surface area contributed by atoms with Crippen molar-refractivity contribution in [2.45, 2.75) is 48.8 Å². The fourth-order valence-electron chi connectivity index (χ4n) is 2.74. The summed E-state index contributed by atoms with van der Waals surface area (Å²) >= 11 is 1.65. The number of sulfonamides is 1. The fourth-order valence-corrected chi connectivity index (χ4v) is 5.25. The Morgan fingerprint density at radius 2 is 2.00 bits per heavy atom. The van der Waals surface area contributed by atoms with E-state index in [0.29, 0.717) is 0 Å². The van der Waals surface area contributed by atoms with Crippen molar-refractivity contribution in [1.29, 1.82) is 0 Å². The van der Waals surface area contributed by atoms with Crippen LogP contribution in [-0.4, -0.2) is 26.0 Å². The van der Waals surface area contributed by atoms with E-state index in [0.717, 1.165) is 25.7 Å². The van der Waals surface area contributed by atoms with Gasteiger partial charge in [-0.3, -0.25) is 0 Å². The summed E-state index contributed by atoms with van der Waals surface area (Å²) in [5.41, 5.74) is 6.13. The Bertz CT molecular complexity index is 620. The molecule has 1 aromatic carbocycles. The van der Waals surface area contributed by atoms with Gasteiger partial charge in [0, 0.05) is 17.0 Å². The molecule has 0 spiro atoms. The van der Waals surface area contributed by atoms with Gasteiger partial charge in [-0.1, -0.05) is 12.8 Å². The smallest absolute Gasteiger partial charge is 0.243 e. The minimum atomic E-state index is -3.90. The summed E-state index contributed by atoms with van der Waals surface area (Å²) in [6, 6.07) is 2.46. The quantitative estimate of drug-likeness (QED) is 0.832. The van der Waals surface area contributed by atoms with E-state index in [4.69, 9.17) is 5.73 Å². The summed E-state index contributed by atoms with van der Waals surface area (Å²) in [6.07, 6.45) is 5.83. The van der Waals surface area contributed by atoms with Crippen molar-refractivity contribution >= 4 is 27.5 Å². The highest BCUT2D eigenvalue weighted by Gasteiger charge is 2.30. The summed E-state index contributed by atoms with van der Waals surface area (Å²) in [7, 11) is -3.90. The summed E-state index contributed by atoms with van der Waals surface area (Å²) in [4.78, 5) is -0.356. The van der Waals surface area contributed by atoms with Crippen LogP contribution in [0.1, 0.15) is 31.2 Å². The van der Waals surface area contributed by atoms with Crippen LogP contribution >= 0.6 is 11.8 Å². The lowest BCUT2D eigenvalue weighted by atomic mass is 9.96. The van der Waals surface area contributed by atoms with Crippen LogP contribution in [0, 0.1) is 12.7 Å². The number of nitrogens with one attached hydrogen (secondary N) is 1. The van der Waals surface area contributed by atoms with Crippen LogP contribution in [0.3, 0.4) is 0 Å². The van der Waals surface area contributed by atoms with Crippen LogP contribution in [0.2, 0.25) is 0 Å². The van der Waals surface area contributed by atoms with Gasteiger partial charge >= 0.3 is 0 Å². The third-order valence-electron chi connectivity index (χ3n) is 3.84. The zero-order chi connectivity index (χ0) is 15.6. The van der Waals surface area contributed by atoms with Crippen molar-refractivity contribution in [2.24, 2.45) is 0 Å². The Morgan fingerprint density at radius 3 is 2.67 bits per heavy atom. The Morgan fingerprint density at radius 1 is 1.33 bits per heavy atom. The number of benzene rings is 1. The van der Waals surface area contributed by atoms with Gasteiger partial charge in [0.1, 0.15) is 10.7 Å². The maximum atomic E-state index is 14.1. The molecule has 1 aliphatic rings. The maximum absolute atomic E-state index is 14.1. The Labute approximate surface area is 129 Å². The van der Waals surface area contributed by atoms with E-state index in [1.807, 2.05) is 6.26 Å². The zero-order valence-electron chi connectivity index (χ0n) is 12.2. The zero-order valence-corrected chi connectivity index (χ0v) is 13.9. The first kappa shape index (κ1) is 16.6. The molecule has 2 rings (SSSR count). The molecule has 0 aliphatic heterocycles. The van der Waals surface area contributed by atoms with Crippen LogP contribution in [-0.2, 0) is 10.0 Å². The lowest BCUT2D eigenvalue weighted by Gasteiger charge is -2.30. The van der Waals surface area contributed by atoms with Crippen LogP contribution < -0.4 is 10.5 Å². The van der Waals surface area contributed by atoms with E-state index in [1.54, 1.807) is 11.8 Å². The van der Waals surface area contributed by atoms with Gasteiger partial charge < -0.3 is 5.73 Å². The number of hydrogen-bond acceptors (Lipinski definition) is 4. The minimum Gasteiger partial charge on any atom is -0.399 e. The van der Waals surface area contributed by atoms with Gasteiger partial charge in [-0.2, -0.15) is 11.8 Å². The van der Waals surface area contributed by atoms with Gasteiger partial charge in [-0.15, -0.1) is 0 Å². The van der Waals surface area contributed by atoms with Gasteiger partial charge in [-0.25, -0.2) is 17.5 Å². The third-order valence-corrected chi connectivity index (χ3v) is 6.50. The van der Waals surface area contributed by atoms with Crippen LogP contribution in [0.5, 0.6) is 0 Å². The van der Waals surface area contributed by atoms with Crippen molar-refractivity contribution < 1.29 is 12.8 Å². The number of anilines is 1. The molecular weight excluding hydrogens is 311 g/mol. The molecule has 1 saturated carbocycles. The number of aryl methyl sites for hydroxylation is 1. The van der Waals surface area contributed by atoms with Crippen molar-refractivity contribution in [2.75, 3.05) is 12.0 Å². The molecule has 0 radical (unpaired) electrons. The molecule has 21 heavy (non-hydrogen) atoms. The molecule has 1 aliphatic carbocycles. The van der Waals surface area contributed by atoms with E-state index in [-0.39, 0.29) is 27.4 Å². The molecule has 0 saturated heterocycles. The van der Waals surface area contributed by atoms with Gasteiger partial charge in [0.15, 0.2) is 0 Å². The molecule has 0 bridgehead atoms. The van der Waals surface area contributed by atoms with E-state index in [2.05, 4.69) is 4.72 Å². The Kier molecular flexibility index (Phi) is 5.16. The first-order valence-electron chi connectivity index (χ1n) is 6.96. The van der Waals surface area contributed by atoms with E-state index in [1.165, 1.54) is 19.1 Å². The van der Waals surface area contributed by atoms with Crippen LogP contribution in [0.25, 0.3) is 0 Å². The SMILES string of the molecule is CSC1CCCCC1NS(=O)(=O)c1cc(N)cc(C)c1F. The number of nitrogen functional groups attached to an aromatic ring is 1. The van der Waals surface area contributed by atoms with Crippen molar-refractivity contribution in [3.8, 4) is 0 Å². The molecule has 0 aromatic heterocycles. The lowest BCUT2D eigenvalue weighted by Crippen LogP contribution is -2.43. The number of rotatable bonds is 4. The molecule has 2 unspecified atom stereocenters. The van der Waals surface area contributed by atoms with Gasteiger partial charge in [0.05, 0.1) is 0 Å². The highest BCUT2D eigenvalue weighted by Crippen LogP contribution is 2.29. The van der Waals surface area contributed by atoms with Gasteiger partial charge in [0.25, 0.3) is 0 Å². The second-order valence-electron chi connectivity index (χ2n) is 5.44. The van der Waals surface area contributed by atoms with E-state index in [9.17, 15) is 12.8 Å². The second-order valence-corrected chi connectivity index (χ2v) is 8.20. The topological polar surface area (TPSA) is 72.2 Å². The molecule has 118 valence electrons. The number of halogens is 1. The molecule has 3 N–H and O–H groups in total. The molecule has 0 amide bonds. The molecular formula is C14H21FN2O2S2. The molecule has 7 heteroatoms. The fraction of sp³-hybridized carbons (Fsp3) is 0.571. The van der Waals surface area contributed by atoms with Crippen molar-refractivity contribution in [3.63, 3.8) is 0 Å². The number of hydrogen-bond donors (Lipinski definition) is 2. The number of thioether (sulfide) groups is 1. The normalized spacial score (nSPS) is 23.2. The summed E-state index contributed by atoms with van der Waals surface area (Å²) in [6.45, 7) is 1.51. The average Bonchev–Trinajstić information content (AvgIpc) is 2.43. The summed E-state index contributed by atoms with van der Waals surface area (Å²) in [5, 5.41) is 0.235. The largest absolute Gasteiger partial charge is 0.399 e. The number of nitrogens with two attached hydrogens (primary N) is 1. The average molecular weight is 332 g/mol. The standard InChI is InChI=1S/C14H21FN2O2S2/c1-9-7-10(16)8-13(14(9)15)21(18,19)17-11-5-3-4-6-12(11)20-2/h7-8,11-12,17H,3-6,16H2,1-2H3. The first-order chi connectivity index (χ1) is 9.85. The van der Waals surface area contributed by atoms with Crippen LogP contribution in [0.15, 0.2) is 17.0 Å². The molecule has 1 aromatic rings. The minimum absolute atomic E-state index is 0.153. The molecule has 2 atom stereocenters. The van der Waals surface area contributed by atoms with Crippen molar-refractivity contribution in [1.82, 2.24) is 4.72 Å². The predicted octanol–water partition coefficient (Wildman–Crippen LogP) is 2.67. The summed E-state index contributed by atoms with van der Waals surface area (Å²) < 4.78 is 41.7. The Hall–Kier alpha value is -0.790. The highest BCUT2D eigenvalue weighted by molar-refractivity contribution is 7.99.